The molecule has 0 radical (unpaired) electrons. The zero-order valence-corrected chi connectivity index (χ0v) is 11.3. The van der Waals surface area contributed by atoms with E-state index in [1.54, 1.807) is 18.3 Å². The lowest BCUT2D eigenvalue weighted by Gasteiger charge is -2.31. The van der Waals surface area contributed by atoms with Crippen LogP contribution in [0.5, 0.6) is 0 Å². The van der Waals surface area contributed by atoms with Crippen molar-refractivity contribution >= 4 is 5.97 Å². The van der Waals surface area contributed by atoms with Gasteiger partial charge < -0.3 is 15.2 Å². The lowest BCUT2D eigenvalue weighted by atomic mass is 10.0. The number of pyridine rings is 1. The minimum Gasteiger partial charge on any atom is -0.459 e. The summed E-state index contributed by atoms with van der Waals surface area (Å²) >= 11 is 0. The van der Waals surface area contributed by atoms with E-state index in [2.05, 4.69) is 4.98 Å². The highest BCUT2D eigenvalue weighted by atomic mass is 16.6. The van der Waals surface area contributed by atoms with Crippen molar-refractivity contribution in [1.29, 1.82) is 0 Å². The molecule has 1 aromatic rings. The first-order chi connectivity index (χ1) is 9.08. The molecule has 2 N–H and O–H groups in total. The standard InChI is InChI=1S/C14H20N2O3/c1-9-5-13(6-10(2)18-9)19-14(17)11-3-4-16-12(7-11)8-15/h3-4,7,9-10,13H,5-6,8,15H2,1-2H3. The van der Waals surface area contributed by atoms with Crippen LogP contribution in [0.2, 0.25) is 0 Å². The summed E-state index contributed by atoms with van der Waals surface area (Å²) in [6, 6.07) is 3.32. The van der Waals surface area contributed by atoms with Crippen molar-refractivity contribution in [3.63, 3.8) is 0 Å². The summed E-state index contributed by atoms with van der Waals surface area (Å²) in [6.07, 6.45) is 3.22. The predicted molar refractivity (Wildman–Crippen MR) is 70.6 cm³/mol. The van der Waals surface area contributed by atoms with E-state index in [1.165, 1.54) is 0 Å². The lowest BCUT2D eigenvalue weighted by Crippen LogP contribution is -2.35. The van der Waals surface area contributed by atoms with Crippen LogP contribution >= 0.6 is 0 Å². The first kappa shape index (κ1) is 14.0. The second-order valence-electron chi connectivity index (χ2n) is 5.00. The minimum atomic E-state index is -0.316. The van der Waals surface area contributed by atoms with Crippen molar-refractivity contribution in [2.24, 2.45) is 5.73 Å². The first-order valence-corrected chi connectivity index (χ1v) is 6.60. The summed E-state index contributed by atoms with van der Waals surface area (Å²) in [4.78, 5) is 16.1. The number of hydrogen-bond acceptors (Lipinski definition) is 5. The summed E-state index contributed by atoms with van der Waals surface area (Å²) in [5.74, 6) is -0.316. The van der Waals surface area contributed by atoms with Crippen LogP contribution in [0.25, 0.3) is 0 Å². The highest BCUT2D eigenvalue weighted by Crippen LogP contribution is 2.22. The van der Waals surface area contributed by atoms with E-state index in [4.69, 9.17) is 15.2 Å². The maximum Gasteiger partial charge on any atom is 0.338 e. The largest absolute Gasteiger partial charge is 0.459 e. The Balaban J connectivity index is 2.00. The third-order valence-electron chi connectivity index (χ3n) is 3.19. The molecule has 1 saturated heterocycles. The molecular weight excluding hydrogens is 244 g/mol. The van der Waals surface area contributed by atoms with Gasteiger partial charge in [0.25, 0.3) is 0 Å². The van der Waals surface area contributed by atoms with Gasteiger partial charge in [0.2, 0.25) is 0 Å². The van der Waals surface area contributed by atoms with Gasteiger partial charge in [0.05, 0.1) is 23.5 Å². The van der Waals surface area contributed by atoms with E-state index in [0.29, 0.717) is 17.8 Å². The smallest absolute Gasteiger partial charge is 0.338 e. The third kappa shape index (κ3) is 3.75. The van der Waals surface area contributed by atoms with Gasteiger partial charge in [-0.2, -0.15) is 0 Å². The van der Waals surface area contributed by atoms with E-state index in [9.17, 15) is 4.79 Å². The fourth-order valence-electron chi connectivity index (χ4n) is 2.38. The Kier molecular flexibility index (Phi) is 4.50. The number of esters is 1. The molecule has 1 fully saturated rings. The average molecular weight is 264 g/mol. The second-order valence-corrected chi connectivity index (χ2v) is 5.00. The molecular formula is C14H20N2O3. The van der Waals surface area contributed by atoms with E-state index in [0.717, 1.165) is 12.8 Å². The Morgan fingerprint density at radius 2 is 2.16 bits per heavy atom. The summed E-state index contributed by atoms with van der Waals surface area (Å²) in [7, 11) is 0. The molecule has 0 spiro atoms. The van der Waals surface area contributed by atoms with Crippen molar-refractivity contribution in [2.45, 2.75) is 51.5 Å². The minimum absolute atomic E-state index is 0.0826. The van der Waals surface area contributed by atoms with Crippen LogP contribution in [0, 0.1) is 0 Å². The molecule has 5 heteroatoms. The Morgan fingerprint density at radius 3 is 2.79 bits per heavy atom. The van der Waals surface area contributed by atoms with Crippen molar-refractivity contribution in [1.82, 2.24) is 4.98 Å². The molecule has 2 unspecified atom stereocenters. The van der Waals surface area contributed by atoms with Gasteiger partial charge in [0.1, 0.15) is 6.10 Å². The van der Waals surface area contributed by atoms with Gasteiger partial charge in [-0.15, -0.1) is 0 Å². The van der Waals surface area contributed by atoms with Gasteiger partial charge in [0.15, 0.2) is 0 Å². The summed E-state index contributed by atoms with van der Waals surface area (Å²) in [5, 5.41) is 0. The SMILES string of the molecule is CC1CC(OC(=O)c2ccnc(CN)c2)CC(C)O1. The van der Waals surface area contributed by atoms with Crippen molar-refractivity contribution in [3.8, 4) is 0 Å². The maximum atomic E-state index is 12.1. The van der Waals surface area contributed by atoms with E-state index < -0.39 is 0 Å². The van der Waals surface area contributed by atoms with Crippen LogP contribution in [-0.4, -0.2) is 29.3 Å². The number of carbonyl (C=O) groups excluding carboxylic acids is 1. The normalized spacial score (nSPS) is 27.0. The summed E-state index contributed by atoms with van der Waals surface area (Å²) in [5.41, 5.74) is 6.69. The molecule has 104 valence electrons. The van der Waals surface area contributed by atoms with E-state index in [1.807, 2.05) is 13.8 Å². The average Bonchev–Trinajstić information content (AvgIpc) is 2.37. The van der Waals surface area contributed by atoms with Crippen molar-refractivity contribution in [3.05, 3.63) is 29.6 Å². The van der Waals surface area contributed by atoms with Crippen molar-refractivity contribution in [2.75, 3.05) is 0 Å². The fourth-order valence-corrected chi connectivity index (χ4v) is 2.38. The molecule has 0 aliphatic carbocycles. The quantitative estimate of drug-likeness (QED) is 0.840. The van der Waals surface area contributed by atoms with Gasteiger partial charge in [0, 0.05) is 25.6 Å². The molecule has 0 amide bonds. The molecule has 5 nitrogen and oxygen atoms in total. The molecule has 1 aliphatic rings. The monoisotopic (exact) mass is 264 g/mol. The number of rotatable bonds is 3. The van der Waals surface area contributed by atoms with Crippen LogP contribution < -0.4 is 5.73 Å². The van der Waals surface area contributed by atoms with Crippen LogP contribution in [0.3, 0.4) is 0 Å². The summed E-state index contributed by atoms with van der Waals surface area (Å²) < 4.78 is 11.2. The van der Waals surface area contributed by atoms with Gasteiger partial charge in [-0.1, -0.05) is 0 Å². The maximum absolute atomic E-state index is 12.1. The van der Waals surface area contributed by atoms with Crippen LogP contribution in [-0.2, 0) is 16.0 Å². The molecule has 0 aromatic carbocycles. The number of hydrogen-bond donors (Lipinski definition) is 1. The molecule has 1 aliphatic heterocycles. The first-order valence-electron chi connectivity index (χ1n) is 6.60. The van der Waals surface area contributed by atoms with Crippen LogP contribution in [0.4, 0.5) is 0 Å². The second kappa shape index (κ2) is 6.12. The number of carbonyl (C=O) groups is 1. The zero-order valence-electron chi connectivity index (χ0n) is 11.3. The van der Waals surface area contributed by atoms with E-state index >= 15 is 0 Å². The third-order valence-corrected chi connectivity index (χ3v) is 3.19. The Hall–Kier alpha value is -1.46. The molecule has 0 bridgehead atoms. The Labute approximate surface area is 113 Å². The fraction of sp³-hybridized carbons (Fsp3) is 0.571. The number of nitrogens with zero attached hydrogens (tertiary/aromatic N) is 1. The highest BCUT2D eigenvalue weighted by molar-refractivity contribution is 5.89. The number of ether oxygens (including phenoxy) is 2. The van der Waals surface area contributed by atoms with E-state index in [-0.39, 0.29) is 24.3 Å². The van der Waals surface area contributed by atoms with Gasteiger partial charge in [-0.25, -0.2) is 4.79 Å². The van der Waals surface area contributed by atoms with Crippen LogP contribution in [0.15, 0.2) is 18.3 Å². The predicted octanol–water partition coefficient (Wildman–Crippen LogP) is 1.65. The molecule has 2 heterocycles. The molecule has 19 heavy (non-hydrogen) atoms. The Morgan fingerprint density at radius 1 is 1.47 bits per heavy atom. The van der Waals surface area contributed by atoms with Crippen LogP contribution in [0.1, 0.15) is 42.7 Å². The molecule has 2 atom stereocenters. The lowest BCUT2D eigenvalue weighted by molar-refractivity contribution is -0.0855. The van der Waals surface area contributed by atoms with Gasteiger partial charge in [-0.05, 0) is 26.0 Å². The summed E-state index contributed by atoms with van der Waals surface area (Å²) in [6.45, 7) is 4.30. The van der Waals surface area contributed by atoms with Gasteiger partial charge >= 0.3 is 5.97 Å². The van der Waals surface area contributed by atoms with Crippen molar-refractivity contribution < 1.29 is 14.3 Å². The highest BCUT2D eigenvalue weighted by Gasteiger charge is 2.27. The molecule has 1 aromatic heterocycles. The topological polar surface area (TPSA) is 74.4 Å². The van der Waals surface area contributed by atoms with Gasteiger partial charge in [-0.3, -0.25) is 4.98 Å². The number of nitrogens with two attached hydrogens (primary N) is 1. The Bertz CT molecular complexity index is 440. The zero-order chi connectivity index (χ0) is 13.8. The number of aromatic nitrogens is 1. The molecule has 0 saturated carbocycles. The molecule has 2 rings (SSSR count).